The minimum Gasteiger partial charge on any atom is -0.497 e. The molecule has 0 aliphatic carbocycles. The van der Waals surface area contributed by atoms with E-state index in [1.165, 1.54) is 7.11 Å². The predicted octanol–water partition coefficient (Wildman–Crippen LogP) is 3.17. The minimum atomic E-state index is -0.648. The van der Waals surface area contributed by atoms with Crippen LogP contribution in [0.3, 0.4) is 0 Å². The van der Waals surface area contributed by atoms with Crippen LogP contribution in [0.5, 0.6) is 5.75 Å². The predicted molar refractivity (Wildman–Crippen MR) is 82.6 cm³/mol. The van der Waals surface area contributed by atoms with E-state index in [9.17, 15) is 5.11 Å². The van der Waals surface area contributed by atoms with Crippen molar-refractivity contribution in [1.29, 1.82) is 0 Å². The highest BCUT2D eigenvalue weighted by Crippen LogP contribution is 2.22. The van der Waals surface area contributed by atoms with E-state index in [0.29, 0.717) is 12.1 Å². The average molecular weight is 285 g/mol. The monoisotopic (exact) mass is 285 g/mol. The fraction of sp³-hybridized carbons (Fsp3) is 0.235. The van der Waals surface area contributed by atoms with Crippen molar-refractivity contribution in [1.82, 2.24) is 0 Å². The molecule has 0 spiro atoms. The van der Waals surface area contributed by atoms with Gasteiger partial charge in [0, 0.05) is 6.42 Å². The van der Waals surface area contributed by atoms with Crippen LogP contribution in [-0.2, 0) is 4.84 Å². The SMILES string of the molecule is CO/N=C(/CC(O)c1ccc(OC)cc1)c1ccccc1. The minimum absolute atomic E-state index is 0.379. The summed E-state index contributed by atoms with van der Waals surface area (Å²) in [7, 11) is 3.12. The Morgan fingerprint density at radius 1 is 1.05 bits per heavy atom. The summed E-state index contributed by atoms with van der Waals surface area (Å²) in [5.74, 6) is 0.764. The zero-order chi connectivity index (χ0) is 15.1. The first-order valence-corrected chi connectivity index (χ1v) is 6.72. The van der Waals surface area contributed by atoms with Gasteiger partial charge in [-0.3, -0.25) is 0 Å². The molecule has 0 aromatic heterocycles. The maximum atomic E-state index is 10.4. The van der Waals surface area contributed by atoms with E-state index in [2.05, 4.69) is 5.16 Å². The quantitative estimate of drug-likeness (QED) is 0.655. The number of nitrogens with zero attached hydrogens (tertiary/aromatic N) is 1. The first-order valence-electron chi connectivity index (χ1n) is 6.72. The zero-order valence-electron chi connectivity index (χ0n) is 12.2. The van der Waals surface area contributed by atoms with Gasteiger partial charge in [0.1, 0.15) is 12.9 Å². The van der Waals surface area contributed by atoms with Gasteiger partial charge in [-0.25, -0.2) is 0 Å². The van der Waals surface area contributed by atoms with Crippen LogP contribution in [0.15, 0.2) is 59.8 Å². The molecular formula is C17H19NO3. The highest BCUT2D eigenvalue weighted by molar-refractivity contribution is 6.00. The molecule has 21 heavy (non-hydrogen) atoms. The third kappa shape index (κ3) is 4.07. The average Bonchev–Trinajstić information content (AvgIpc) is 2.55. The Hall–Kier alpha value is -2.33. The van der Waals surface area contributed by atoms with Crippen molar-refractivity contribution in [2.75, 3.05) is 14.2 Å². The highest BCUT2D eigenvalue weighted by Gasteiger charge is 2.14. The summed E-state index contributed by atoms with van der Waals surface area (Å²) >= 11 is 0. The normalized spacial score (nSPS) is 12.8. The van der Waals surface area contributed by atoms with Crippen LogP contribution in [0.25, 0.3) is 0 Å². The van der Waals surface area contributed by atoms with Gasteiger partial charge in [-0.05, 0) is 23.3 Å². The van der Waals surface area contributed by atoms with Crippen LogP contribution in [0.2, 0.25) is 0 Å². The molecule has 4 nitrogen and oxygen atoms in total. The van der Waals surface area contributed by atoms with Gasteiger partial charge in [-0.2, -0.15) is 0 Å². The summed E-state index contributed by atoms with van der Waals surface area (Å²) in [6, 6.07) is 17.0. The van der Waals surface area contributed by atoms with Crippen LogP contribution in [-0.4, -0.2) is 25.0 Å². The Kier molecular flexibility index (Phi) is 5.35. The molecule has 0 saturated carbocycles. The van der Waals surface area contributed by atoms with Crippen LogP contribution >= 0.6 is 0 Å². The number of oxime groups is 1. The first kappa shape index (κ1) is 15.1. The molecule has 2 aromatic carbocycles. The van der Waals surface area contributed by atoms with Crippen molar-refractivity contribution in [3.05, 3.63) is 65.7 Å². The Bertz CT molecular complexity index is 579. The first-order chi connectivity index (χ1) is 10.2. The van der Waals surface area contributed by atoms with Gasteiger partial charge in [-0.1, -0.05) is 47.6 Å². The number of hydrogen-bond donors (Lipinski definition) is 1. The molecule has 0 saturated heterocycles. The van der Waals surface area contributed by atoms with Crippen molar-refractivity contribution < 1.29 is 14.7 Å². The zero-order valence-corrected chi connectivity index (χ0v) is 12.2. The number of hydrogen-bond acceptors (Lipinski definition) is 4. The van der Waals surface area contributed by atoms with Crippen molar-refractivity contribution in [2.45, 2.75) is 12.5 Å². The lowest BCUT2D eigenvalue weighted by Gasteiger charge is -2.13. The molecule has 0 fully saturated rings. The maximum absolute atomic E-state index is 10.4. The van der Waals surface area contributed by atoms with E-state index in [0.717, 1.165) is 16.9 Å². The van der Waals surface area contributed by atoms with Crippen LogP contribution in [0.1, 0.15) is 23.7 Å². The second-order valence-corrected chi connectivity index (χ2v) is 4.58. The van der Waals surface area contributed by atoms with Crippen LogP contribution in [0.4, 0.5) is 0 Å². The van der Waals surface area contributed by atoms with E-state index in [4.69, 9.17) is 9.57 Å². The Labute approximate surface area is 124 Å². The number of benzene rings is 2. The molecular weight excluding hydrogens is 266 g/mol. The highest BCUT2D eigenvalue weighted by atomic mass is 16.6. The topological polar surface area (TPSA) is 51.0 Å². The summed E-state index contributed by atoms with van der Waals surface area (Å²) in [5, 5.41) is 14.4. The van der Waals surface area contributed by atoms with Crippen molar-refractivity contribution in [3.8, 4) is 5.75 Å². The van der Waals surface area contributed by atoms with E-state index >= 15 is 0 Å². The molecule has 0 aliphatic heterocycles. The van der Waals surface area contributed by atoms with E-state index in [1.54, 1.807) is 7.11 Å². The second kappa shape index (κ2) is 7.45. The van der Waals surface area contributed by atoms with Crippen molar-refractivity contribution in [2.24, 2.45) is 5.16 Å². The molecule has 0 radical (unpaired) electrons. The summed E-state index contributed by atoms with van der Waals surface area (Å²) in [5.41, 5.74) is 2.46. The van der Waals surface area contributed by atoms with Gasteiger partial charge in [0.25, 0.3) is 0 Å². The van der Waals surface area contributed by atoms with Crippen molar-refractivity contribution >= 4 is 5.71 Å². The van der Waals surface area contributed by atoms with Crippen LogP contribution < -0.4 is 4.74 Å². The van der Waals surface area contributed by atoms with Gasteiger partial charge >= 0.3 is 0 Å². The van der Waals surface area contributed by atoms with E-state index in [-0.39, 0.29) is 0 Å². The van der Waals surface area contributed by atoms with Gasteiger partial charge < -0.3 is 14.7 Å². The van der Waals surface area contributed by atoms with E-state index in [1.807, 2.05) is 54.6 Å². The number of ether oxygens (including phenoxy) is 1. The number of aliphatic hydroxyl groups is 1. The second-order valence-electron chi connectivity index (χ2n) is 4.58. The van der Waals surface area contributed by atoms with Crippen LogP contribution in [0, 0.1) is 0 Å². The number of aliphatic hydroxyl groups excluding tert-OH is 1. The molecule has 1 N–H and O–H groups in total. The van der Waals surface area contributed by atoms with Crippen molar-refractivity contribution in [3.63, 3.8) is 0 Å². The lowest BCUT2D eigenvalue weighted by atomic mass is 9.99. The number of methoxy groups -OCH3 is 1. The summed E-state index contributed by atoms with van der Waals surface area (Å²) in [4.78, 5) is 4.89. The van der Waals surface area contributed by atoms with Gasteiger partial charge in [0.15, 0.2) is 0 Å². The third-order valence-corrected chi connectivity index (χ3v) is 3.20. The summed E-state index contributed by atoms with van der Waals surface area (Å²) in [6.07, 6.45) is -0.269. The maximum Gasteiger partial charge on any atom is 0.118 e. The molecule has 0 aliphatic rings. The lowest BCUT2D eigenvalue weighted by molar-refractivity contribution is 0.179. The molecule has 0 amide bonds. The van der Waals surface area contributed by atoms with Gasteiger partial charge in [-0.15, -0.1) is 0 Å². The molecule has 1 unspecified atom stereocenters. The Morgan fingerprint density at radius 3 is 2.29 bits per heavy atom. The molecule has 2 rings (SSSR count). The largest absolute Gasteiger partial charge is 0.497 e. The Balaban J connectivity index is 2.14. The molecule has 0 heterocycles. The third-order valence-electron chi connectivity index (χ3n) is 3.20. The number of rotatable bonds is 6. The molecule has 110 valence electrons. The van der Waals surface area contributed by atoms with E-state index < -0.39 is 6.10 Å². The fourth-order valence-corrected chi connectivity index (χ4v) is 2.08. The summed E-state index contributed by atoms with van der Waals surface area (Å²) in [6.45, 7) is 0. The molecule has 1 atom stereocenters. The standard InChI is InChI=1S/C17H19NO3/c1-20-15-10-8-14(9-11-15)17(19)12-16(18-21-2)13-6-4-3-5-7-13/h3-11,17,19H,12H2,1-2H3/b18-16-. The summed E-state index contributed by atoms with van der Waals surface area (Å²) < 4.78 is 5.11. The smallest absolute Gasteiger partial charge is 0.118 e. The van der Waals surface area contributed by atoms with Gasteiger partial charge in [0.05, 0.1) is 18.9 Å². The molecule has 4 heteroatoms. The fourth-order valence-electron chi connectivity index (χ4n) is 2.08. The molecule has 2 aromatic rings. The van der Waals surface area contributed by atoms with Gasteiger partial charge in [0.2, 0.25) is 0 Å². The molecule has 0 bridgehead atoms. The lowest BCUT2D eigenvalue weighted by Crippen LogP contribution is -2.09. The Morgan fingerprint density at radius 2 is 1.71 bits per heavy atom.